The molecule has 13 nitrogen and oxygen atoms in total. The van der Waals surface area contributed by atoms with E-state index in [1.807, 2.05) is 0 Å². The van der Waals surface area contributed by atoms with Crippen molar-refractivity contribution in [3.8, 4) is 11.5 Å². The van der Waals surface area contributed by atoms with Gasteiger partial charge in [0.15, 0.2) is 18.3 Å². The van der Waals surface area contributed by atoms with E-state index in [0.29, 0.717) is 10.8 Å². The number of hydrogen-bond acceptors (Lipinski definition) is 13. The monoisotopic (exact) mass is 544 g/mol. The summed E-state index contributed by atoms with van der Waals surface area (Å²) in [5.41, 5.74) is -0.535. The molecule has 0 bridgehead atoms. The van der Waals surface area contributed by atoms with Crippen molar-refractivity contribution in [1.82, 2.24) is 0 Å². The summed E-state index contributed by atoms with van der Waals surface area (Å²) in [4.78, 5) is 60.8. The molecular formula is C26H24O13. The molecule has 0 spiro atoms. The van der Waals surface area contributed by atoms with Gasteiger partial charge in [-0.3, -0.25) is 14.4 Å². The van der Waals surface area contributed by atoms with Crippen LogP contribution < -0.4 is 10.4 Å². The van der Waals surface area contributed by atoms with Gasteiger partial charge in [-0.05, 0) is 30.3 Å². The second-order valence-corrected chi connectivity index (χ2v) is 8.57. The van der Waals surface area contributed by atoms with E-state index in [-0.39, 0.29) is 22.5 Å². The first kappa shape index (κ1) is 27.4. The number of phenols is 1. The van der Waals surface area contributed by atoms with Gasteiger partial charge in [0.05, 0.1) is 12.5 Å². The first-order valence-corrected chi connectivity index (χ1v) is 11.6. The number of benzene rings is 2. The quantitative estimate of drug-likeness (QED) is 0.206. The summed E-state index contributed by atoms with van der Waals surface area (Å²) in [7, 11) is 1.07. The minimum absolute atomic E-state index is 0.0979. The number of ether oxygens (including phenoxy) is 6. The third-order valence-electron chi connectivity index (χ3n) is 5.76. The van der Waals surface area contributed by atoms with Crippen LogP contribution in [0.5, 0.6) is 11.5 Å². The summed E-state index contributed by atoms with van der Waals surface area (Å²) in [6, 6.07) is 8.56. The fraction of sp³-hybridized carbons (Fsp3) is 0.346. The lowest BCUT2D eigenvalue weighted by atomic mass is 9.97. The van der Waals surface area contributed by atoms with Crippen molar-refractivity contribution in [2.45, 2.75) is 51.5 Å². The molecule has 1 fully saturated rings. The molecule has 1 aromatic heterocycles. The highest BCUT2D eigenvalue weighted by molar-refractivity contribution is 6.05. The molecule has 0 saturated carbocycles. The number of hydrogen-bond donors (Lipinski definition) is 1. The molecule has 3 aromatic rings. The van der Waals surface area contributed by atoms with Crippen LogP contribution in [0.3, 0.4) is 0 Å². The fourth-order valence-corrected chi connectivity index (χ4v) is 4.28. The molecule has 4 rings (SSSR count). The Hall–Kier alpha value is -4.65. The minimum Gasteiger partial charge on any atom is -0.508 e. The van der Waals surface area contributed by atoms with Gasteiger partial charge in [0.1, 0.15) is 17.1 Å². The normalized spacial score (nSPS) is 22.6. The lowest BCUT2D eigenvalue weighted by Gasteiger charge is -2.43. The Bertz CT molecular complexity index is 1510. The van der Waals surface area contributed by atoms with E-state index in [1.54, 1.807) is 6.07 Å². The van der Waals surface area contributed by atoms with Crippen LogP contribution in [0.25, 0.3) is 21.7 Å². The zero-order chi connectivity index (χ0) is 28.4. The standard InChI is InChI=1S/C26H24O13/c1-11(27)34-20-21(35-12(2)28)23(36-13(3)29)26(39-22(20)25(32)33-4)37-15-6-8-17-18(10-15)16-7-5-14(30)9-19(16)38-24(17)31/h5-10,20-23,26,30H,1-4H3/t20-,21-,22-,23+,26+/m0/s1. The molecule has 2 heterocycles. The van der Waals surface area contributed by atoms with Crippen molar-refractivity contribution in [3.05, 3.63) is 46.8 Å². The van der Waals surface area contributed by atoms with Crippen LogP contribution in [0, 0.1) is 0 Å². The van der Waals surface area contributed by atoms with Gasteiger partial charge in [0.2, 0.25) is 12.4 Å². The van der Waals surface area contributed by atoms with Crippen molar-refractivity contribution in [2.75, 3.05) is 7.11 Å². The highest BCUT2D eigenvalue weighted by Crippen LogP contribution is 2.33. The maximum absolute atomic E-state index is 12.6. The van der Waals surface area contributed by atoms with Gasteiger partial charge in [-0.1, -0.05) is 0 Å². The van der Waals surface area contributed by atoms with Gasteiger partial charge in [-0.2, -0.15) is 0 Å². The number of methoxy groups -OCH3 is 1. The minimum atomic E-state index is -1.63. The van der Waals surface area contributed by atoms with Crippen molar-refractivity contribution in [1.29, 1.82) is 0 Å². The lowest BCUT2D eigenvalue weighted by molar-refractivity contribution is -0.282. The molecular weight excluding hydrogens is 520 g/mol. The van der Waals surface area contributed by atoms with Crippen LogP contribution in [0.2, 0.25) is 0 Å². The van der Waals surface area contributed by atoms with Crippen LogP contribution >= 0.6 is 0 Å². The molecule has 1 N–H and O–H groups in total. The number of carbonyl (C=O) groups is 4. The second kappa shape index (κ2) is 11.0. The van der Waals surface area contributed by atoms with E-state index in [0.717, 1.165) is 27.9 Å². The molecule has 0 amide bonds. The van der Waals surface area contributed by atoms with E-state index < -0.39 is 60.2 Å². The Morgan fingerprint density at radius 1 is 0.795 bits per heavy atom. The molecule has 5 atom stereocenters. The number of esters is 4. The zero-order valence-electron chi connectivity index (χ0n) is 21.2. The summed E-state index contributed by atoms with van der Waals surface area (Å²) < 4.78 is 37.7. The zero-order valence-corrected chi connectivity index (χ0v) is 21.2. The topological polar surface area (TPSA) is 174 Å². The van der Waals surface area contributed by atoms with Gasteiger partial charge in [-0.25, -0.2) is 9.59 Å². The van der Waals surface area contributed by atoms with Gasteiger partial charge < -0.3 is 37.9 Å². The summed E-state index contributed by atoms with van der Waals surface area (Å²) in [6.07, 6.45) is -7.75. The molecule has 0 aliphatic carbocycles. The van der Waals surface area contributed by atoms with Gasteiger partial charge >= 0.3 is 29.5 Å². The van der Waals surface area contributed by atoms with Crippen molar-refractivity contribution in [2.24, 2.45) is 0 Å². The molecule has 0 radical (unpaired) electrons. The summed E-state index contributed by atoms with van der Waals surface area (Å²) in [6.45, 7) is 3.23. The predicted molar refractivity (Wildman–Crippen MR) is 130 cm³/mol. The van der Waals surface area contributed by atoms with Gasteiger partial charge in [0.25, 0.3) is 0 Å². The average Bonchev–Trinajstić information content (AvgIpc) is 2.85. The van der Waals surface area contributed by atoms with Gasteiger partial charge in [-0.15, -0.1) is 0 Å². The Balaban J connectivity index is 1.80. The maximum atomic E-state index is 12.6. The van der Waals surface area contributed by atoms with E-state index >= 15 is 0 Å². The largest absolute Gasteiger partial charge is 0.508 e. The number of phenolic OH excluding ortho intramolecular Hbond substituents is 1. The molecule has 13 heteroatoms. The van der Waals surface area contributed by atoms with E-state index in [2.05, 4.69) is 0 Å². The van der Waals surface area contributed by atoms with Crippen LogP contribution in [-0.2, 0) is 42.9 Å². The molecule has 2 aromatic carbocycles. The number of rotatable bonds is 6. The third kappa shape index (κ3) is 5.77. The third-order valence-corrected chi connectivity index (χ3v) is 5.76. The second-order valence-electron chi connectivity index (χ2n) is 8.57. The number of carbonyl (C=O) groups excluding carboxylic acids is 4. The molecule has 1 saturated heterocycles. The van der Waals surface area contributed by atoms with Crippen molar-refractivity contribution < 1.29 is 57.1 Å². The highest BCUT2D eigenvalue weighted by atomic mass is 16.7. The first-order chi connectivity index (χ1) is 18.5. The summed E-state index contributed by atoms with van der Waals surface area (Å²) in [5.74, 6) is -3.46. The van der Waals surface area contributed by atoms with Crippen LogP contribution in [0.15, 0.2) is 45.6 Å². The Kier molecular flexibility index (Phi) is 7.72. The summed E-state index contributed by atoms with van der Waals surface area (Å²) >= 11 is 0. The fourth-order valence-electron chi connectivity index (χ4n) is 4.28. The summed E-state index contributed by atoms with van der Waals surface area (Å²) in [5, 5.41) is 10.9. The number of aromatic hydroxyl groups is 1. The molecule has 206 valence electrons. The predicted octanol–water partition coefficient (Wildman–Crippen LogP) is 1.72. The van der Waals surface area contributed by atoms with E-state index in [1.165, 1.54) is 30.3 Å². The van der Waals surface area contributed by atoms with Crippen LogP contribution in [0.1, 0.15) is 20.8 Å². The van der Waals surface area contributed by atoms with Crippen molar-refractivity contribution >= 4 is 45.6 Å². The number of fused-ring (bicyclic) bond motifs is 3. The van der Waals surface area contributed by atoms with E-state index in [4.69, 9.17) is 32.8 Å². The van der Waals surface area contributed by atoms with Crippen molar-refractivity contribution in [3.63, 3.8) is 0 Å². The highest BCUT2D eigenvalue weighted by Gasteiger charge is 2.55. The molecule has 1 aliphatic rings. The molecule has 0 unspecified atom stereocenters. The Morgan fingerprint density at radius 2 is 1.41 bits per heavy atom. The average molecular weight is 544 g/mol. The lowest BCUT2D eigenvalue weighted by Crippen LogP contribution is -2.64. The van der Waals surface area contributed by atoms with Gasteiger partial charge in [0, 0.05) is 37.6 Å². The smallest absolute Gasteiger partial charge is 0.344 e. The maximum Gasteiger partial charge on any atom is 0.344 e. The Labute approximate surface area is 220 Å². The van der Waals surface area contributed by atoms with E-state index in [9.17, 15) is 29.1 Å². The van der Waals surface area contributed by atoms with Crippen LogP contribution in [0.4, 0.5) is 0 Å². The first-order valence-electron chi connectivity index (χ1n) is 11.6. The Morgan fingerprint density at radius 3 is 2.05 bits per heavy atom. The SMILES string of the molecule is COC(=O)[C@H]1O[C@@H](Oc2ccc3c(=O)oc4cc(O)ccc4c3c2)[C@H](OC(C)=O)[C@@H](OC(C)=O)[C@@H]1OC(C)=O. The molecule has 39 heavy (non-hydrogen) atoms. The van der Waals surface area contributed by atoms with Crippen LogP contribution in [-0.4, -0.2) is 66.8 Å². The molecule has 1 aliphatic heterocycles.